The Morgan fingerprint density at radius 2 is 1.76 bits per heavy atom. The van der Waals surface area contributed by atoms with Gasteiger partial charge >= 0.3 is 5.97 Å². The molecule has 4 aliphatic carbocycles. The summed E-state index contributed by atoms with van der Waals surface area (Å²) in [6.45, 7) is 11.5. The van der Waals surface area contributed by atoms with Gasteiger partial charge in [0.05, 0.1) is 18.4 Å². The number of rotatable bonds is 14. The molecule has 4 aliphatic rings. The van der Waals surface area contributed by atoms with Crippen LogP contribution < -0.4 is 26.8 Å². The quantitative estimate of drug-likeness (QED) is 0.176. The third kappa shape index (κ3) is 8.22. The van der Waals surface area contributed by atoms with Gasteiger partial charge in [-0.2, -0.15) is 0 Å². The second-order valence-corrected chi connectivity index (χ2v) is 17.6. The highest BCUT2D eigenvalue weighted by atomic mass is 32.2. The molecular formula is C39H62N4O6S. The summed E-state index contributed by atoms with van der Waals surface area (Å²) in [5.41, 5.74) is 10.7. The molecule has 280 valence electrons. The Balaban J connectivity index is 1.30. The highest BCUT2D eigenvalue weighted by Crippen LogP contribution is 2.67. The van der Waals surface area contributed by atoms with Gasteiger partial charge in [-0.3, -0.25) is 14.4 Å². The Bertz CT molecular complexity index is 1320. The summed E-state index contributed by atoms with van der Waals surface area (Å²) >= 11 is 1.67. The van der Waals surface area contributed by atoms with Crippen LogP contribution in [0.1, 0.15) is 91.0 Å². The maximum absolute atomic E-state index is 13.9. The Morgan fingerprint density at radius 1 is 1.04 bits per heavy atom. The summed E-state index contributed by atoms with van der Waals surface area (Å²) < 4.78 is 12.2. The molecule has 11 heteroatoms. The SMILES string of the molecule is CC1C(O)C(C)(CNCc2ccc(OCCN)cc2)CC(OC(=O)CSC2CCC(CNC(=O)CN)CC2)C2(C)C(C)CCC13CCC(=O)C32. The average molecular weight is 715 g/mol. The van der Waals surface area contributed by atoms with Crippen molar-refractivity contribution in [3.63, 3.8) is 0 Å². The maximum atomic E-state index is 13.9. The number of nitrogens with two attached hydrogens (primary N) is 2. The van der Waals surface area contributed by atoms with E-state index in [0.717, 1.165) is 56.3 Å². The van der Waals surface area contributed by atoms with Gasteiger partial charge in [-0.15, -0.1) is 11.8 Å². The van der Waals surface area contributed by atoms with Crippen molar-refractivity contribution in [1.29, 1.82) is 0 Å². The van der Waals surface area contributed by atoms with E-state index in [1.807, 2.05) is 24.3 Å². The van der Waals surface area contributed by atoms with E-state index in [1.165, 1.54) is 0 Å². The minimum Gasteiger partial charge on any atom is -0.492 e. The average Bonchev–Trinajstić information content (AvgIpc) is 3.47. The third-order valence-electron chi connectivity index (χ3n) is 13.3. The van der Waals surface area contributed by atoms with E-state index in [4.69, 9.17) is 20.9 Å². The lowest BCUT2D eigenvalue weighted by molar-refractivity contribution is -0.210. The van der Waals surface area contributed by atoms with Gasteiger partial charge in [0.15, 0.2) is 0 Å². The standard InChI is InChI=1S/C39H62N4O6S/c1-25-13-15-39-16-14-31(44)35(39)38(25,4)32(49-34(46)23-50-30-11-7-28(8-12-30)22-43-33(45)20-41)19-37(3,36(47)26(39)2)24-42-21-27-5-9-29(10-6-27)48-18-17-40/h5-6,9-10,25-26,28,30,32,35-36,42,47H,7-8,11-24,40-41H2,1-4H3,(H,43,45). The highest BCUT2D eigenvalue weighted by Gasteiger charge is 2.68. The van der Waals surface area contributed by atoms with Crippen LogP contribution in [0.3, 0.4) is 0 Å². The van der Waals surface area contributed by atoms with Gasteiger partial charge in [0.25, 0.3) is 0 Å². The van der Waals surface area contributed by atoms with E-state index >= 15 is 0 Å². The van der Waals surface area contributed by atoms with E-state index in [9.17, 15) is 19.5 Å². The van der Waals surface area contributed by atoms with Gasteiger partial charge in [-0.1, -0.05) is 39.8 Å². The molecular weight excluding hydrogens is 653 g/mol. The first-order chi connectivity index (χ1) is 23.9. The number of nitrogens with one attached hydrogen (secondary N) is 2. The molecule has 50 heavy (non-hydrogen) atoms. The fourth-order valence-corrected chi connectivity index (χ4v) is 11.2. The molecule has 0 heterocycles. The topological polar surface area (TPSA) is 166 Å². The van der Waals surface area contributed by atoms with Crippen LogP contribution >= 0.6 is 11.8 Å². The molecule has 4 saturated carbocycles. The van der Waals surface area contributed by atoms with Crippen LogP contribution in [-0.4, -0.2) is 78.8 Å². The minimum atomic E-state index is -0.672. The van der Waals surface area contributed by atoms with Crippen molar-refractivity contribution in [3.05, 3.63) is 29.8 Å². The van der Waals surface area contributed by atoms with Gasteiger partial charge in [-0.25, -0.2) is 0 Å². The summed E-state index contributed by atoms with van der Waals surface area (Å²) in [5.74, 6) is 1.31. The number of carbonyl (C=O) groups is 3. The molecule has 8 unspecified atom stereocenters. The van der Waals surface area contributed by atoms with Crippen LogP contribution in [0.2, 0.25) is 0 Å². The lowest BCUT2D eigenvalue weighted by Crippen LogP contribution is -2.64. The number of esters is 1. The van der Waals surface area contributed by atoms with Crippen molar-refractivity contribution in [2.24, 2.45) is 51.4 Å². The number of aliphatic hydroxyl groups excluding tert-OH is 1. The fraction of sp³-hybridized carbons (Fsp3) is 0.769. The third-order valence-corrected chi connectivity index (χ3v) is 14.7. The normalized spacial score (nSPS) is 36.9. The largest absolute Gasteiger partial charge is 0.492 e. The number of ether oxygens (including phenoxy) is 2. The van der Waals surface area contributed by atoms with E-state index < -0.39 is 23.0 Å². The Hall–Kier alpha value is -2.18. The van der Waals surface area contributed by atoms with Gasteiger partial charge in [0.2, 0.25) is 5.91 Å². The molecule has 0 aromatic heterocycles. The Kier molecular flexibility index (Phi) is 13.0. The molecule has 1 amide bonds. The molecule has 0 radical (unpaired) electrons. The molecule has 0 saturated heterocycles. The van der Waals surface area contributed by atoms with Crippen molar-refractivity contribution >= 4 is 29.4 Å². The smallest absolute Gasteiger partial charge is 0.316 e. The monoisotopic (exact) mass is 714 g/mol. The lowest BCUT2D eigenvalue weighted by atomic mass is 9.44. The molecule has 7 N–H and O–H groups in total. The van der Waals surface area contributed by atoms with Crippen molar-refractivity contribution in [3.8, 4) is 5.75 Å². The second-order valence-electron chi connectivity index (χ2n) is 16.4. The molecule has 8 atom stereocenters. The molecule has 2 bridgehead atoms. The number of aliphatic hydroxyl groups is 1. The number of ketones is 1. The Labute approximate surface area is 303 Å². The number of thioether (sulfide) groups is 1. The van der Waals surface area contributed by atoms with Gasteiger partial charge in [0, 0.05) is 54.6 Å². The van der Waals surface area contributed by atoms with Crippen molar-refractivity contribution in [2.45, 2.75) is 109 Å². The summed E-state index contributed by atoms with van der Waals surface area (Å²) in [7, 11) is 0. The Morgan fingerprint density at radius 3 is 2.44 bits per heavy atom. The first kappa shape index (κ1) is 39.0. The zero-order chi connectivity index (χ0) is 36.1. The highest BCUT2D eigenvalue weighted by molar-refractivity contribution is 8.00. The fourth-order valence-electron chi connectivity index (χ4n) is 10.1. The van der Waals surface area contributed by atoms with Crippen LogP contribution in [0.15, 0.2) is 24.3 Å². The summed E-state index contributed by atoms with van der Waals surface area (Å²) in [5, 5.41) is 19.2. The summed E-state index contributed by atoms with van der Waals surface area (Å²) in [6.07, 6.45) is 6.50. The molecule has 4 fully saturated rings. The van der Waals surface area contributed by atoms with Gasteiger partial charge in [-0.05, 0) is 92.2 Å². The molecule has 5 rings (SSSR count). The van der Waals surface area contributed by atoms with Crippen LogP contribution in [-0.2, 0) is 25.7 Å². The van der Waals surface area contributed by atoms with Crippen molar-refractivity contribution in [1.82, 2.24) is 10.6 Å². The van der Waals surface area contributed by atoms with E-state index in [1.54, 1.807) is 11.8 Å². The van der Waals surface area contributed by atoms with E-state index in [-0.39, 0.29) is 53.1 Å². The molecule has 1 aromatic carbocycles. The van der Waals surface area contributed by atoms with Crippen molar-refractivity contribution < 1.29 is 29.0 Å². The summed E-state index contributed by atoms with van der Waals surface area (Å²) in [4.78, 5) is 39.2. The van der Waals surface area contributed by atoms with Gasteiger partial charge < -0.3 is 36.7 Å². The van der Waals surface area contributed by atoms with Crippen LogP contribution in [0.5, 0.6) is 5.75 Å². The molecule has 0 spiro atoms. The van der Waals surface area contributed by atoms with Crippen molar-refractivity contribution in [2.75, 3.05) is 38.5 Å². The first-order valence-corrected chi connectivity index (χ1v) is 20.0. The minimum absolute atomic E-state index is 0.0104. The van der Waals surface area contributed by atoms with E-state index in [2.05, 4.69) is 38.3 Å². The maximum Gasteiger partial charge on any atom is 0.316 e. The number of benzene rings is 1. The van der Waals surface area contributed by atoms with Crippen LogP contribution in [0.4, 0.5) is 0 Å². The zero-order valence-electron chi connectivity index (χ0n) is 30.7. The first-order valence-electron chi connectivity index (χ1n) is 19.0. The van der Waals surface area contributed by atoms with Gasteiger partial charge in [0.1, 0.15) is 24.2 Å². The number of Topliss-reactive ketones (excluding diaryl/α,β-unsaturated/α-hetero) is 1. The lowest BCUT2D eigenvalue weighted by Gasteiger charge is -2.62. The number of carbonyl (C=O) groups excluding carboxylic acids is 3. The van der Waals surface area contributed by atoms with E-state index in [0.29, 0.717) is 56.8 Å². The predicted octanol–water partition coefficient (Wildman–Crippen LogP) is 4.20. The number of hydrogen-bond donors (Lipinski definition) is 5. The van der Waals surface area contributed by atoms with Crippen LogP contribution in [0.25, 0.3) is 0 Å². The zero-order valence-corrected chi connectivity index (χ0v) is 31.5. The number of amides is 1. The predicted molar refractivity (Wildman–Crippen MR) is 197 cm³/mol. The number of hydrogen-bond acceptors (Lipinski definition) is 10. The van der Waals surface area contributed by atoms with Crippen LogP contribution in [0, 0.1) is 39.9 Å². The second kappa shape index (κ2) is 16.7. The molecule has 10 nitrogen and oxygen atoms in total. The summed E-state index contributed by atoms with van der Waals surface area (Å²) in [6, 6.07) is 7.97. The molecule has 0 aliphatic heterocycles. The molecule has 1 aromatic rings.